The molecule has 170 valence electrons. The number of aromatic amines is 1. The SMILES string of the molecule is Cc1cc(NC(=O)N2CCn3nc(-c4cc(Cl)c5[nH]ncc5c4)c(C(N)=O)c3C2)ccc1C#N. The van der Waals surface area contributed by atoms with E-state index < -0.39 is 5.91 Å². The maximum absolute atomic E-state index is 12.9. The van der Waals surface area contributed by atoms with Crippen molar-refractivity contribution in [1.29, 1.82) is 5.26 Å². The summed E-state index contributed by atoms with van der Waals surface area (Å²) < 4.78 is 1.71. The number of H-pyrrole nitrogens is 1. The maximum atomic E-state index is 12.9. The Morgan fingerprint density at radius 1 is 1.26 bits per heavy atom. The Morgan fingerprint density at radius 3 is 2.82 bits per heavy atom. The fraction of sp³-hybridized carbons (Fsp3) is 0.174. The number of nitriles is 1. The molecule has 34 heavy (non-hydrogen) atoms. The van der Waals surface area contributed by atoms with Crippen LogP contribution in [0.25, 0.3) is 22.2 Å². The van der Waals surface area contributed by atoms with Crippen molar-refractivity contribution in [3.8, 4) is 17.3 Å². The second-order valence-corrected chi connectivity index (χ2v) is 8.45. The fourth-order valence-corrected chi connectivity index (χ4v) is 4.44. The lowest BCUT2D eigenvalue weighted by Gasteiger charge is -2.28. The largest absolute Gasteiger partial charge is 0.365 e. The van der Waals surface area contributed by atoms with E-state index in [2.05, 4.69) is 26.7 Å². The zero-order valence-corrected chi connectivity index (χ0v) is 18.8. The molecule has 1 aliphatic rings. The van der Waals surface area contributed by atoms with Gasteiger partial charge in [-0.2, -0.15) is 15.5 Å². The number of nitrogens with two attached hydrogens (primary N) is 1. The van der Waals surface area contributed by atoms with Crippen molar-refractivity contribution in [2.45, 2.75) is 20.0 Å². The van der Waals surface area contributed by atoms with Gasteiger partial charge in [-0.3, -0.25) is 14.6 Å². The van der Waals surface area contributed by atoms with Crippen LogP contribution in [0.15, 0.2) is 36.5 Å². The predicted molar refractivity (Wildman–Crippen MR) is 126 cm³/mol. The van der Waals surface area contributed by atoms with Crippen LogP contribution in [0.4, 0.5) is 10.5 Å². The van der Waals surface area contributed by atoms with E-state index in [1.165, 1.54) is 0 Å². The number of benzene rings is 2. The van der Waals surface area contributed by atoms with Crippen molar-refractivity contribution < 1.29 is 9.59 Å². The van der Waals surface area contributed by atoms with E-state index in [0.717, 1.165) is 10.9 Å². The molecule has 0 unspecified atom stereocenters. The standard InChI is InChI=1S/C23H19ClN8O2/c1-12-6-16(3-2-13(12)9-25)28-23(34)31-4-5-32-18(11-31)19(22(26)33)21(30-32)14-7-15-10-27-29-20(15)17(24)8-14/h2-3,6-8,10H,4-5,11H2,1H3,(H2,26,33)(H,27,29)(H,28,34). The number of aryl methyl sites for hydroxylation is 1. The summed E-state index contributed by atoms with van der Waals surface area (Å²) in [5, 5.41) is 24.6. The number of nitrogens with zero attached hydrogens (tertiary/aromatic N) is 5. The number of rotatable bonds is 3. The first-order valence-corrected chi connectivity index (χ1v) is 10.8. The van der Waals surface area contributed by atoms with Gasteiger partial charge in [-0.25, -0.2) is 4.79 Å². The van der Waals surface area contributed by atoms with Gasteiger partial charge in [0.15, 0.2) is 0 Å². The van der Waals surface area contributed by atoms with Crippen LogP contribution in [-0.2, 0) is 13.1 Å². The van der Waals surface area contributed by atoms with Gasteiger partial charge in [0, 0.05) is 23.2 Å². The third-order valence-electron chi connectivity index (χ3n) is 5.89. The smallest absolute Gasteiger partial charge is 0.322 e. The summed E-state index contributed by atoms with van der Waals surface area (Å²) in [6.07, 6.45) is 1.64. The summed E-state index contributed by atoms with van der Waals surface area (Å²) >= 11 is 6.38. The molecule has 4 aromatic rings. The Hall–Kier alpha value is -4.36. The van der Waals surface area contributed by atoms with Crippen LogP contribution in [0.1, 0.15) is 27.2 Å². The van der Waals surface area contributed by atoms with Crippen LogP contribution in [0.3, 0.4) is 0 Å². The van der Waals surface area contributed by atoms with E-state index in [4.69, 9.17) is 22.6 Å². The van der Waals surface area contributed by atoms with Gasteiger partial charge in [-0.1, -0.05) is 11.6 Å². The Morgan fingerprint density at radius 2 is 2.09 bits per heavy atom. The number of hydrogen-bond acceptors (Lipinski definition) is 5. The molecule has 3 amide bonds. The molecule has 10 nitrogen and oxygen atoms in total. The van der Waals surface area contributed by atoms with E-state index in [1.54, 1.807) is 40.0 Å². The van der Waals surface area contributed by atoms with Crippen molar-refractivity contribution in [1.82, 2.24) is 24.9 Å². The zero-order valence-electron chi connectivity index (χ0n) is 18.1. The lowest BCUT2D eigenvalue weighted by atomic mass is 10.0. The first kappa shape index (κ1) is 21.5. The molecule has 0 spiro atoms. The average molecular weight is 475 g/mol. The van der Waals surface area contributed by atoms with Crippen LogP contribution in [0.2, 0.25) is 5.02 Å². The highest BCUT2D eigenvalue weighted by Gasteiger charge is 2.30. The van der Waals surface area contributed by atoms with E-state index in [9.17, 15) is 9.59 Å². The molecule has 0 atom stereocenters. The second-order valence-electron chi connectivity index (χ2n) is 8.04. The van der Waals surface area contributed by atoms with Crippen molar-refractivity contribution in [3.63, 3.8) is 0 Å². The number of primary amides is 1. The molecule has 0 saturated carbocycles. The molecule has 0 radical (unpaired) electrons. The molecule has 0 saturated heterocycles. The van der Waals surface area contributed by atoms with Gasteiger partial charge in [0.1, 0.15) is 5.69 Å². The number of hydrogen-bond donors (Lipinski definition) is 3. The summed E-state index contributed by atoms with van der Waals surface area (Å²) in [6, 6.07) is 10.4. The van der Waals surface area contributed by atoms with Crippen LogP contribution in [0, 0.1) is 18.3 Å². The highest BCUT2D eigenvalue weighted by Crippen LogP contribution is 2.33. The Kier molecular flexibility index (Phi) is 5.18. The number of amides is 3. The average Bonchev–Trinajstić information content (AvgIpc) is 3.43. The first-order valence-electron chi connectivity index (χ1n) is 10.4. The molecule has 5 rings (SSSR count). The summed E-state index contributed by atoms with van der Waals surface area (Å²) in [5.41, 5.74) is 10.2. The van der Waals surface area contributed by atoms with Crippen LogP contribution >= 0.6 is 11.6 Å². The molecule has 0 bridgehead atoms. The quantitative estimate of drug-likeness (QED) is 0.416. The van der Waals surface area contributed by atoms with Gasteiger partial charge in [0.2, 0.25) is 0 Å². The minimum absolute atomic E-state index is 0.161. The number of carbonyl (C=O) groups excluding carboxylic acids is 2. The minimum atomic E-state index is -0.635. The summed E-state index contributed by atoms with van der Waals surface area (Å²) in [4.78, 5) is 27.0. The van der Waals surface area contributed by atoms with E-state index >= 15 is 0 Å². The number of carbonyl (C=O) groups is 2. The molecular weight excluding hydrogens is 456 g/mol. The summed E-state index contributed by atoms with van der Waals surface area (Å²) in [5.74, 6) is -0.635. The van der Waals surface area contributed by atoms with Crippen molar-refractivity contribution in [2.75, 3.05) is 11.9 Å². The lowest BCUT2D eigenvalue weighted by molar-refractivity contribution is 0.0997. The van der Waals surface area contributed by atoms with E-state index in [0.29, 0.717) is 51.8 Å². The molecule has 0 fully saturated rings. The predicted octanol–water partition coefficient (Wildman–Crippen LogP) is 3.41. The molecule has 3 heterocycles. The van der Waals surface area contributed by atoms with Gasteiger partial charge in [0.25, 0.3) is 5.91 Å². The Bertz CT molecular complexity index is 1510. The van der Waals surface area contributed by atoms with Gasteiger partial charge < -0.3 is 16.0 Å². The highest BCUT2D eigenvalue weighted by molar-refractivity contribution is 6.35. The molecule has 4 N–H and O–H groups in total. The fourth-order valence-electron chi connectivity index (χ4n) is 4.17. The van der Waals surface area contributed by atoms with E-state index in [1.807, 2.05) is 13.0 Å². The number of anilines is 1. The Labute approximate surface area is 198 Å². The molecule has 11 heteroatoms. The van der Waals surface area contributed by atoms with Gasteiger partial charge in [0.05, 0.1) is 52.7 Å². The van der Waals surface area contributed by atoms with Crippen LogP contribution < -0.4 is 11.1 Å². The monoisotopic (exact) mass is 474 g/mol. The van der Waals surface area contributed by atoms with Crippen LogP contribution in [0.5, 0.6) is 0 Å². The third kappa shape index (κ3) is 3.62. The summed E-state index contributed by atoms with van der Waals surface area (Å²) in [6.45, 7) is 2.77. The maximum Gasteiger partial charge on any atom is 0.322 e. The number of aromatic nitrogens is 4. The van der Waals surface area contributed by atoms with Gasteiger partial charge >= 0.3 is 6.03 Å². The molecular formula is C23H19ClN8O2. The minimum Gasteiger partial charge on any atom is -0.365 e. The first-order chi connectivity index (χ1) is 16.4. The molecule has 2 aromatic heterocycles. The van der Waals surface area contributed by atoms with Crippen LogP contribution in [-0.4, -0.2) is 43.4 Å². The third-order valence-corrected chi connectivity index (χ3v) is 6.18. The number of nitrogens with one attached hydrogen (secondary N) is 2. The molecule has 0 aliphatic carbocycles. The zero-order chi connectivity index (χ0) is 24.0. The van der Waals surface area contributed by atoms with E-state index in [-0.39, 0.29) is 18.1 Å². The lowest BCUT2D eigenvalue weighted by Crippen LogP contribution is -2.41. The van der Waals surface area contributed by atoms with Crippen molar-refractivity contribution in [3.05, 3.63) is 63.9 Å². The normalized spacial score (nSPS) is 12.9. The van der Waals surface area contributed by atoms with Crippen molar-refractivity contribution in [2.24, 2.45) is 5.73 Å². The Balaban J connectivity index is 1.46. The number of halogens is 1. The highest BCUT2D eigenvalue weighted by atomic mass is 35.5. The second kappa shape index (κ2) is 8.20. The van der Waals surface area contributed by atoms with Crippen molar-refractivity contribution >= 4 is 40.1 Å². The molecule has 1 aliphatic heterocycles. The molecule has 2 aromatic carbocycles. The van der Waals surface area contributed by atoms with Gasteiger partial charge in [-0.05, 0) is 42.8 Å². The number of urea groups is 1. The summed E-state index contributed by atoms with van der Waals surface area (Å²) in [7, 11) is 0. The number of fused-ring (bicyclic) bond motifs is 2. The topological polar surface area (TPSA) is 146 Å². The van der Waals surface area contributed by atoms with Gasteiger partial charge in [-0.15, -0.1) is 0 Å².